The summed E-state index contributed by atoms with van der Waals surface area (Å²) in [6, 6.07) is 8.33. The van der Waals surface area contributed by atoms with Crippen molar-refractivity contribution in [2.45, 2.75) is 18.9 Å². The number of anilines is 1. The molecule has 0 bridgehead atoms. The highest BCUT2D eigenvalue weighted by atomic mass is 16.2. The minimum atomic E-state index is 0.0790. The quantitative estimate of drug-likeness (QED) is 0.883. The number of rotatable bonds is 3. The third-order valence-corrected chi connectivity index (χ3v) is 3.93. The lowest BCUT2D eigenvalue weighted by Gasteiger charge is -2.38. The number of nitrogens with one attached hydrogen (secondary N) is 2. The molecule has 0 aliphatic heterocycles. The van der Waals surface area contributed by atoms with Gasteiger partial charge in [0.15, 0.2) is 5.82 Å². The van der Waals surface area contributed by atoms with Gasteiger partial charge >= 0.3 is 0 Å². The zero-order valence-electron chi connectivity index (χ0n) is 11.2. The van der Waals surface area contributed by atoms with E-state index < -0.39 is 0 Å². The van der Waals surface area contributed by atoms with Gasteiger partial charge in [-0.2, -0.15) is 5.10 Å². The van der Waals surface area contributed by atoms with Crippen LogP contribution in [0, 0.1) is 5.92 Å². The maximum absolute atomic E-state index is 12.1. The molecule has 5 heteroatoms. The van der Waals surface area contributed by atoms with Gasteiger partial charge in [0.05, 0.1) is 5.52 Å². The number of carbonyl (C=O) groups excluding carboxylic acids is 1. The molecule has 1 aromatic heterocycles. The number of aromatic amines is 1. The Labute approximate surface area is 112 Å². The summed E-state index contributed by atoms with van der Waals surface area (Å²) < 4.78 is 0. The second-order valence-corrected chi connectivity index (χ2v) is 5.39. The van der Waals surface area contributed by atoms with E-state index in [9.17, 15) is 4.79 Å². The molecule has 0 atom stereocenters. The Kier molecular flexibility index (Phi) is 2.98. The number of fused-ring (bicyclic) bond motifs is 1. The van der Waals surface area contributed by atoms with Crippen molar-refractivity contribution >= 4 is 22.6 Å². The lowest BCUT2D eigenvalue weighted by molar-refractivity contribution is -0.124. The van der Waals surface area contributed by atoms with Crippen molar-refractivity contribution in [2.75, 3.05) is 19.4 Å². The number of carbonyl (C=O) groups is 1. The highest BCUT2D eigenvalue weighted by Gasteiger charge is 2.35. The van der Waals surface area contributed by atoms with Crippen LogP contribution in [-0.4, -0.2) is 41.1 Å². The Balaban J connectivity index is 1.67. The van der Waals surface area contributed by atoms with Gasteiger partial charge in [-0.05, 0) is 39.1 Å². The van der Waals surface area contributed by atoms with Crippen molar-refractivity contribution < 1.29 is 4.79 Å². The lowest BCUT2D eigenvalue weighted by Crippen LogP contribution is -2.45. The van der Waals surface area contributed by atoms with Crippen LogP contribution in [0.1, 0.15) is 12.8 Å². The second kappa shape index (κ2) is 4.66. The molecule has 3 rings (SSSR count). The topological polar surface area (TPSA) is 61.0 Å². The fraction of sp³-hybridized carbons (Fsp3) is 0.429. The highest BCUT2D eigenvalue weighted by Crippen LogP contribution is 2.32. The van der Waals surface area contributed by atoms with E-state index in [0.29, 0.717) is 11.9 Å². The summed E-state index contributed by atoms with van der Waals surface area (Å²) in [5, 5.41) is 11.0. The predicted octanol–water partition coefficient (Wildman–Crippen LogP) is 1.84. The average Bonchev–Trinajstić information content (AvgIpc) is 2.70. The summed E-state index contributed by atoms with van der Waals surface area (Å²) >= 11 is 0. The van der Waals surface area contributed by atoms with Crippen LogP contribution in [0.2, 0.25) is 0 Å². The molecule has 0 unspecified atom stereocenters. The zero-order valence-corrected chi connectivity index (χ0v) is 11.2. The summed E-state index contributed by atoms with van der Waals surface area (Å²) in [5.74, 6) is 0.826. The molecular formula is C14H18N4O. The Morgan fingerprint density at radius 2 is 2.11 bits per heavy atom. The van der Waals surface area contributed by atoms with E-state index in [0.717, 1.165) is 23.7 Å². The fourth-order valence-corrected chi connectivity index (χ4v) is 2.50. The summed E-state index contributed by atoms with van der Waals surface area (Å²) in [6.07, 6.45) is 1.86. The van der Waals surface area contributed by atoms with Crippen LogP contribution in [-0.2, 0) is 4.79 Å². The minimum Gasteiger partial charge on any atom is -0.308 e. The normalized spacial score (nSPS) is 22.5. The molecule has 1 amide bonds. The Morgan fingerprint density at radius 1 is 1.37 bits per heavy atom. The van der Waals surface area contributed by atoms with Gasteiger partial charge in [-0.3, -0.25) is 9.89 Å². The maximum atomic E-state index is 12.1. The largest absolute Gasteiger partial charge is 0.308 e. The van der Waals surface area contributed by atoms with Crippen molar-refractivity contribution in [1.82, 2.24) is 15.1 Å². The molecule has 2 N–H and O–H groups in total. The Morgan fingerprint density at radius 3 is 2.84 bits per heavy atom. The average molecular weight is 258 g/mol. The van der Waals surface area contributed by atoms with Gasteiger partial charge in [-0.25, -0.2) is 0 Å². The molecule has 1 heterocycles. The molecule has 0 radical (unpaired) electrons. The first-order valence-electron chi connectivity index (χ1n) is 6.55. The standard InChI is InChI=1S/C14H18N4O/c1-18(2)10-7-9(8-10)14(19)15-13-11-5-3-4-6-12(11)16-17-13/h3-6,9-10H,7-8H2,1-2H3,(H2,15,16,17,19). The van der Waals surface area contributed by atoms with Gasteiger partial charge in [0.2, 0.25) is 5.91 Å². The van der Waals surface area contributed by atoms with Crippen LogP contribution < -0.4 is 5.32 Å². The van der Waals surface area contributed by atoms with Crippen molar-refractivity contribution in [1.29, 1.82) is 0 Å². The van der Waals surface area contributed by atoms with E-state index in [1.165, 1.54) is 0 Å². The van der Waals surface area contributed by atoms with E-state index in [2.05, 4.69) is 34.5 Å². The third kappa shape index (κ3) is 2.21. The van der Waals surface area contributed by atoms with E-state index >= 15 is 0 Å². The van der Waals surface area contributed by atoms with Gasteiger partial charge in [-0.1, -0.05) is 12.1 Å². The van der Waals surface area contributed by atoms with E-state index in [1.54, 1.807) is 0 Å². The third-order valence-electron chi connectivity index (χ3n) is 3.93. The van der Waals surface area contributed by atoms with E-state index in [4.69, 9.17) is 0 Å². The number of H-pyrrole nitrogens is 1. The summed E-state index contributed by atoms with van der Waals surface area (Å²) in [5.41, 5.74) is 0.942. The van der Waals surface area contributed by atoms with Crippen LogP contribution in [0.4, 0.5) is 5.82 Å². The molecule has 1 fully saturated rings. The van der Waals surface area contributed by atoms with Crippen molar-refractivity contribution in [2.24, 2.45) is 5.92 Å². The maximum Gasteiger partial charge on any atom is 0.228 e. The number of nitrogens with zero attached hydrogens (tertiary/aromatic N) is 2. The molecule has 1 saturated carbocycles. The summed E-state index contributed by atoms with van der Waals surface area (Å²) in [7, 11) is 4.11. The molecule has 1 aromatic carbocycles. The fourth-order valence-electron chi connectivity index (χ4n) is 2.50. The van der Waals surface area contributed by atoms with Crippen LogP contribution in [0.15, 0.2) is 24.3 Å². The number of benzene rings is 1. The minimum absolute atomic E-state index is 0.0790. The Hall–Kier alpha value is -1.88. The van der Waals surface area contributed by atoms with Crippen LogP contribution in [0.3, 0.4) is 0 Å². The number of hydrogen-bond acceptors (Lipinski definition) is 3. The smallest absolute Gasteiger partial charge is 0.228 e. The van der Waals surface area contributed by atoms with Gasteiger partial charge in [0.1, 0.15) is 0 Å². The molecule has 2 aromatic rings. The number of amides is 1. The number of aromatic nitrogens is 2. The molecule has 1 aliphatic carbocycles. The highest BCUT2D eigenvalue weighted by molar-refractivity contribution is 6.00. The second-order valence-electron chi connectivity index (χ2n) is 5.39. The van der Waals surface area contributed by atoms with Crippen LogP contribution in [0.25, 0.3) is 10.9 Å². The van der Waals surface area contributed by atoms with Gasteiger partial charge in [-0.15, -0.1) is 0 Å². The first-order valence-corrected chi connectivity index (χ1v) is 6.55. The zero-order chi connectivity index (χ0) is 13.4. The number of para-hydroxylation sites is 1. The lowest BCUT2D eigenvalue weighted by atomic mass is 9.79. The first-order chi connectivity index (χ1) is 9.15. The van der Waals surface area contributed by atoms with Gasteiger partial charge < -0.3 is 10.2 Å². The molecule has 1 aliphatic rings. The monoisotopic (exact) mass is 258 g/mol. The summed E-state index contributed by atoms with van der Waals surface area (Å²) in [6.45, 7) is 0. The van der Waals surface area contributed by atoms with Gasteiger partial charge in [0, 0.05) is 17.3 Å². The molecule has 0 spiro atoms. The Bertz CT molecular complexity index is 598. The van der Waals surface area contributed by atoms with Crippen LogP contribution >= 0.6 is 0 Å². The van der Waals surface area contributed by atoms with E-state index in [1.807, 2.05) is 24.3 Å². The molecular weight excluding hydrogens is 240 g/mol. The van der Waals surface area contributed by atoms with Crippen molar-refractivity contribution in [3.63, 3.8) is 0 Å². The van der Waals surface area contributed by atoms with Gasteiger partial charge in [0.25, 0.3) is 0 Å². The molecule has 100 valence electrons. The SMILES string of the molecule is CN(C)C1CC(C(=O)Nc2n[nH]c3ccccc23)C1. The van der Waals surface area contributed by atoms with Crippen molar-refractivity contribution in [3.8, 4) is 0 Å². The molecule has 0 saturated heterocycles. The van der Waals surface area contributed by atoms with Crippen molar-refractivity contribution in [3.05, 3.63) is 24.3 Å². The molecule has 5 nitrogen and oxygen atoms in total. The predicted molar refractivity (Wildman–Crippen MR) is 74.9 cm³/mol. The van der Waals surface area contributed by atoms with Crippen LogP contribution in [0.5, 0.6) is 0 Å². The number of hydrogen-bond donors (Lipinski definition) is 2. The first kappa shape index (κ1) is 12.2. The molecule has 19 heavy (non-hydrogen) atoms. The summed E-state index contributed by atoms with van der Waals surface area (Å²) in [4.78, 5) is 14.3. The van der Waals surface area contributed by atoms with E-state index in [-0.39, 0.29) is 11.8 Å².